The Labute approximate surface area is 274 Å². The summed E-state index contributed by atoms with van der Waals surface area (Å²) in [7, 11) is 0. The monoisotopic (exact) mass is 652 g/mol. The van der Waals surface area contributed by atoms with Crippen LogP contribution in [0.2, 0.25) is 10.0 Å². The van der Waals surface area contributed by atoms with E-state index in [2.05, 4.69) is 64.1 Å². The van der Waals surface area contributed by atoms with Crippen LogP contribution in [-0.2, 0) is 40.6 Å². The molecule has 4 rings (SSSR count). The third-order valence-corrected chi connectivity index (χ3v) is 11.9. The third-order valence-electron chi connectivity index (χ3n) is 8.36. The summed E-state index contributed by atoms with van der Waals surface area (Å²) in [4.78, 5) is 3.23. The maximum Gasteiger partial charge on any atom is 0.161 e. The van der Waals surface area contributed by atoms with E-state index in [1.54, 1.807) is 24.3 Å². The molecule has 0 fully saturated rings. The molecule has 0 spiro atoms. The van der Waals surface area contributed by atoms with Crippen LogP contribution in [0, 0.1) is 0 Å². The van der Waals surface area contributed by atoms with Crippen LogP contribution >= 0.6 is 23.2 Å². The van der Waals surface area contributed by atoms with Gasteiger partial charge in [0.15, 0.2) is 19.6 Å². The van der Waals surface area contributed by atoms with Gasteiger partial charge >= 0.3 is 0 Å². The highest BCUT2D eigenvalue weighted by Gasteiger charge is 2.35. The molecule has 0 saturated heterocycles. The number of halogens is 2. The molecule has 0 amide bonds. The first-order valence-electron chi connectivity index (χ1n) is 15.4. The van der Waals surface area contributed by atoms with Crippen LogP contribution < -0.4 is 0 Å². The quantitative estimate of drug-likeness (QED) is 0.127. The highest BCUT2D eigenvalue weighted by atomic mass is 35.5. The van der Waals surface area contributed by atoms with Gasteiger partial charge in [-0.05, 0) is 110 Å². The van der Waals surface area contributed by atoms with Crippen LogP contribution in [0.25, 0.3) is 0 Å². The Morgan fingerprint density at radius 2 is 0.930 bits per heavy atom. The van der Waals surface area contributed by atoms with Crippen molar-refractivity contribution < 1.29 is 9.11 Å². The summed E-state index contributed by atoms with van der Waals surface area (Å²) < 4.78 is 27.3. The zero-order valence-corrected chi connectivity index (χ0v) is 28.8. The molecule has 4 aromatic carbocycles. The Morgan fingerprint density at radius 3 is 1.26 bits per heavy atom. The van der Waals surface area contributed by atoms with Crippen LogP contribution in [0.1, 0.15) is 88.5 Å². The second-order valence-corrected chi connectivity index (χ2v) is 14.9. The number of hydrogen-bond acceptors (Lipinski definition) is 2. The lowest BCUT2D eigenvalue weighted by molar-refractivity contribution is 0.404. The number of benzene rings is 4. The first-order chi connectivity index (χ1) is 20.8. The Bertz CT molecular complexity index is 1360. The van der Waals surface area contributed by atoms with Gasteiger partial charge in [-0.15, -0.1) is 0 Å². The van der Waals surface area contributed by atoms with E-state index in [9.17, 15) is 9.11 Å². The molecule has 0 aliphatic carbocycles. The van der Waals surface area contributed by atoms with Crippen molar-refractivity contribution in [1.82, 2.24) is 0 Å². The molecule has 2 nitrogen and oxygen atoms in total. The summed E-state index contributed by atoms with van der Waals surface area (Å²) in [6.07, 6.45) is 8.04. The van der Waals surface area contributed by atoms with E-state index in [0.717, 1.165) is 82.1 Å². The molecular weight excluding hydrogens is 611 g/mol. The smallest absolute Gasteiger partial charge is 0.161 e. The molecule has 0 aliphatic heterocycles. The second-order valence-electron chi connectivity index (χ2n) is 11.1. The molecule has 0 N–H and O–H groups in total. The fourth-order valence-electron chi connectivity index (χ4n) is 5.86. The van der Waals surface area contributed by atoms with E-state index >= 15 is 0 Å². The van der Waals surface area contributed by atoms with Crippen LogP contribution in [-0.4, -0.2) is 9.11 Å². The molecule has 2 unspecified atom stereocenters. The van der Waals surface area contributed by atoms with Crippen molar-refractivity contribution in [2.45, 2.75) is 104 Å². The summed E-state index contributed by atoms with van der Waals surface area (Å²) in [5.74, 6) is 0. The fourth-order valence-corrected chi connectivity index (χ4v) is 8.66. The Morgan fingerprint density at radius 1 is 0.558 bits per heavy atom. The highest BCUT2D eigenvalue weighted by molar-refractivity contribution is 7.91. The lowest BCUT2D eigenvalue weighted by atomic mass is 9.67. The summed E-state index contributed by atoms with van der Waals surface area (Å²) in [5.41, 5.74) is 4.58. The SMILES string of the molecule is CCCCC(CCCC)(c1ccc([S+]([O-])c2ccc(Cl)cc2)c(CC)c1)c1ccc([S+]([O-])c2ccc(Cl)cc2)c(CC)c1. The van der Waals surface area contributed by atoms with E-state index in [1.165, 1.54) is 11.1 Å². The zero-order chi connectivity index (χ0) is 31.0. The first-order valence-corrected chi connectivity index (χ1v) is 18.4. The summed E-state index contributed by atoms with van der Waals surface area (Å²) >= 11 is 9.61. The van der Waals surface area contributed by atoms with E-state index in [4.69, 9.17) is 23.2 Å². The van der Waals surface area contributed by atoms with Gasteiger partial charge in [0.25, 0.3) is 0 Å². The highest BCUT2D eigenvalue weighted by Crippen LogP contribution is 2.44. The minimum atomic E-state index is -1.29. The third kappa shape index (κ3) is 7.84. The molecule has 0 aliphatic rings. The summed E-state index contributed by atoms with van der Waals surface area (Å²) in [6.45, 7) is 8.77. The van der Waals surface area contributed by atoms with Gasteiger partial charge in [0, 0.05) is 48.9 Å². The average Bonchev–Trinajstić information content (AvgIpc) is 3.04. The Balaban J connectivity index is 1.83. The van der Waals surface area contributed by atoms with Gasteiger partial charge in [-0.25, -0.2) is 0 Å². The van der Waals surface area contributed by atoms with Crippen molar-refractivity contribution in [3.8, 4) is 0 Å². The number of unbranched alkanes of at least 4 members (excludes halogenated alkanes) is 2. The fraction of sp³-hybridized carbons (Fsp3) is 0.351. The predicted molar refractivity (Wildman–Crippen MR) is 184 cm³/mol. The topological polar surface area (TPSA) is 46.1 Å². The zero-order valence-electron chi connectivity index (χ0n) is 25.6. The van der Waals surface area contributed by atoms with E-state index in [-0.39, 0.29) is 5.41 Å². The minimum absolute atomic E-state index is 0.194. The molecule has 43 heavy (non-hydrogen) atoms. The van der Waals surface area contributed by atoms with Crippen LogP contribution in [0.5, 0.6) is 0 Å². The molecule has 0 bridgehead atoms. The molecule has 0 heterocycles. The van der Waals surface area contributed by atoms with Gasteiger partial charge in [-0.2, -0.15) is 0 Å². The van der Waals surface area contributed by atoms with Crippen molar-refractivity contribution in [3.05, 3.63) is 117 Å². The summed E-state index contributed by atoms with van der Waals surface area (Å²) in [5, 5.41) is 1.27. The second kappa shape index (κ2) is 15.9. The van der Waals surface area contributed by atoms with Crippen LogP contribution in [0.3, 0.4) is 0 Å². The van der Waals surface area contributed by atoms with Crippen LogP contribution in [0.4, 0.5) is 0 Å². The summed E-state index contributed by atoms with van der Waals surface area (Å²) in [6, 6.07) is 27.8. The lowest BCUT2D eigenvalue weighted by Crippen LogP contribution is -2.29. The largest absolute Gasteiger partial charge is 0.606 e. The lowest BCUT2D eigenvalue weighted by Gasteiger charge is -2.37. The maximum absolute atomic E-state index is 13.7. The predicted octanol–water partition coefficient (Wildman–Crippen LogP) is 11.1. The molecule has 0 saturated carbocycles. The molecule has 228 valence electrons. The van der Waals surface area contributed by atoms with Gasteiger partial charge < -0.3 is 9.11 Å². The normalized spacial score (nSPS) is 13.2. The van der Waals surface area contributed by atoms with Crippen molar-refractivity contribution in [1.29, 1.82) is 0 Å². The number of hydrogen-bond donors (Lipinski definition) is 0. The van der Waals surface area contributed by atoms with E-state index < -0.39 is 22.4 Å². The van der Waals surface area contributed by atoms with E-state index in [1.807, 2.05) is 24.3 Å². The van der Waals surface area contributed by atoms with Crippen molar-refractivity contribution in [3.63, 3.8) is 0 Å². The molecule has 2 atom stereocenters. The standard InChI is InChI=1S/C37H42Cl2O2S2/c1-5-9-23-37(24-10-6-2,29-11-21-35(27(7-3)25-29)42(40)33-17-13-31(38)14-18-33)30-12-22-36(28(8-4)26-30)43(41)34-19-15-32(39)16-20-34/h11-22,25-26H,5-10,23-24H2,1-4H3. The Hall–Kier alpha value is -1.92. The first kappa shape index (κ1) is 34.0. The maximum atomic E-state index is 13.7. The van der Waals surface area contributed by atoms with Gasteiger partial charge in [-0.3, -0.25) is 0 Å². The van der Waals surface area contributed by atoms with Crippen molar-refractivity contribution >= 4 is 45.6 Å². The number of rotatable bonds is 14. The van der Waals surface area contributed by atoms with Crippen molar-refractivity contribution in [2.24, 2.45) is 0 Å². The van der Waals surface area contributed by atoms with E-state index in [0.29, 0.717) is 10.0 Å². The van der Waals surface area contributed by atoms with Gasteiger partial charge in [0.05, 0.1) is 0 Å². The van der Waals surface area contributed by atoms with Crippen molar-refractivity contribution in [2.75, 3.05) is 0 Å². The Kier molecular flexibility index (Phi) is 12.5. The van der Waals surface area contributed by atoms with Gasteiger partial charge in [0.2, 0.25) is 0 Å². The molecule has 0 aromatic heterocycles. The minimum Gasteiger partial charge on any atom is -0.606 e. The van der Waals surface area contributed by atoms with Gasteiger partial charge in [0.1, 0.15) is 0 Å². The number of aryl methyl sites for hydroxylation is 2. The molecule has 4 aromatic rings. The van der Waals surface area contributed by atoms with Gasteiger partial charge in [-0.1, -0.05) is 88.7 Å². The average molecular weight is 654 g/mol. The molecule has 6 heteroatoms. The molecule has 0 radical (unpaired) electrons. The van der Waals surface area contributed by atoms with Crippen LogP contribution in [0.15, 0.2) is 105 Å². The molecular formula is C37H42Cl2O2S2.